The Kier molecular flexibility index (Phi) is 2.30. The highest BCUT2D eigenvalue weighted by Gasteiger charge is 2.44. The smallest absolute Gasteiger partial charge is 0.147 e. The molecule has 1 saturated carbocycles. The summed E-state index contributed by atoms with van der Waals surface area (Å²) in [5, 5.41) is 10.4. The first kappa shape index (κ1) is 10.6. The van der Waals surface area contributed by atoms with Crippen LogP contribution >= 0.6 is 0 Å². The molecule has 1 heterocycles. The van der Waals surface area contributed by atoms with E-state index >= 15 is 0 Å². The Bertz CT molecular complexity index is 378. The number of hydrogen-bond donors (Lipinski definition) is 1. The minimum atomic E-state index is -1.00. The van der Waals surface area contributed by atoms with Crippen LogP contribution in [0.4, 0.5) is 4.39 Å². The lowest BCUT2D eigenvalue weighted by atomic mass is 9.86. The number of aromatic nitrogens is 1. The Labute approximate surface area is 89.2 Å². The molecule has 2 nitrogen and oxygen atoms in total. The maximum atomic E-state index is 13.5. The quantitative estimate of drug-likeness (QED) is 0.771. The average molecular weight is 209 g/mol. The van der Waals surface area contributed by atoms with Crippen molar-refractivity contribution in [2.75, 3.05) is 0 Å². The number of nitrogens with zero attached hydrogens (tertiary/aromatic N) is 1. The summed E-state index contributed by atoms with van der Waals surface area (Å²) in [7, 11) is 0. The van der Waals surface area contributed by atoms with Crippen molar-refractivity contribution < 1.29 is 9.50 Å². The van der Waals surface area contributed by atoms with Crippen molar-refractivity contribution in [2.24, 2.45) is 5.41 Å². The van der Waals surface area contributed by atoms with E-state index in [4.69, 9.17) is 0 Å². The first-order chi connectivity index (χ1) is 6.93. The minimum absolute atomic E-state index is 0.0878. The molecule has 1 aliphatic carbocycles. The predicted molar refractivity (Wildman–Crippen MR) is 55.7 cm³/mol. The highest BCUT2D eigenvalue weighted by molar-refractivity contribution is 5.23. The molecule has 1 N–H and O–H groups in total. The van der Waals surface area contributed by atoms with Crippen molar-refractivity contribution in [3.63, 3.8) is 0 Å². The van der Waals surface area contributed by atoms with E-state index in [1.165, 1.54) is 12.4 Å². The fourth-order valence-corrected chi connectivity index (χ4v) is 2.50. The first-order valence-electron chi connectivity index (χ1n) is 5.25. The van der Waals surface area contributed by atoms with E-state index in [1.807, 2.05) is 0 Å². The predicted octanol–water partition coefficient (Wildman–Crippen LogP) is 2.62. The summed E-state index contributed by atoms with van der Waals surface area (Å²) in [5.74, 6) is -0.405. The summed E-state index contributed by atoms with van der Waals surface area (Å²) in [6.45, 7) is 4.20. The molecule has 1 atom stereocenters. The van der Waals surface area contributed by atoms with Crippen molar-refractivity contribution >= 4 is 0 Å². The zero-order valence-corrected chi connectivity index (χ0v) is 9.13. The van der Waals surface area contributed by atoms with Crippen LogP contribution in [-0.4, -0.2) is 10.1 Å². The first-order valence-corrected chi connectivity index (χ1v) is 5.25. The zero-order chi connectivity index (χ0) is 11.1. The molecule has 0 aliphatic heterocycles. The highest BCUT2D eigenvalue weighted by Crippen LogP contribution is 2.49. The van der Waals surface area contributed by atoms with Gasteiger partial charge >= 0.3 is 0 Å². The van der Waals surface area contributed by atoms with Gasteiger partial charge in [-0.2, -0.15) is 0 Å². The van der Waals surface area contributed by atoms with Gasteiger partial charge < -0.3 is 5.11 Å². The second-order valence-corrected chi connectivity index (χ2v) is 5.23. The number of aliphatic hydroxyl groups is 1. The Morgan fingerprint density at radius 3 is 2.67 bits per heavy atom. The van der Waals surface area contributed by atoms with Gasteiger partial charge in [0.25, 0.3) is 0 Å². The summed E-state index contributed by atoms with van der Waals surface area (Å²) in [6.07, 6.45) is 4.85. The van der Waals surface area contributed by atoms with Crippen molar-refractivity contribution in [1.82, 2.24) is 4.98 Å². The van der Waals surface area contributed by atoms with E-state index in [0.29, 0.717) is 18.4 Å². The third-order valence-electron chi connectivity index (χ3n) is 3.26. The Hall–Kier alpha value is -0.960. The monoisotopic (exact) mass is 209 g/mol. The third-order valence-corrected chi connectivity index (χ3v) is 3.26. The van der Waals surface area contributed by atoms with Gasteiger partial charge in [0.1, 0.15) is 5.82 Å². The second-order valence-electron chi connectivity index (χ2n) is 5.23. The lowest BCUT2D eigenvalue weighted by molar-refractivity contribution is 0.0302. The summed E-state index contributed by atoms with van der Waals surface area (Å²) in [4.78, 5) is 3.70. The largest absolute Gasteiger partial charge is 0.385 e. The molecule has 1 aromatic heterocycles. The van der Waals surface area contributed by atoms with Gasteiger partial charge in [0.2, 0.25) is 0 Å². The van der Waals surface area contributed by atoms with Gasteiger partial charge in [-0.25, -0.2) is 4.39 Å². The molecule has 0 saturated heterocycles. The number of halogens is 1. The van der Waals surface area contributed by atoms with Gasteiger partial charge in [-0.15, -0.1) is 0 Å². The Morgan fingerprint density at radius 2 is 2.13 bits per heavy atom. The van der Waals surface area contributed by atoms with Crippen LogP contribution < -0.4 is 0 Å². The topological polar surface area (TPSA) is 33.1 Å². The van der Waals surface area contributed by atoms with Crippen LogP contribution in [0.5, 0.6) is 0 Å². The maximum Gasteiger partial charge on any atom is 0.147 e. The molecule has 1 aliphatic rings. The molecule has 2 rings (SSSR count). The van der Waals surface area contributed by atoms with Crippen molar-refractivity contribution in [3.05, 3.63) is 29.8 Å². The van der Waals surface area contributed by atoms with Crippen molar-refractivity contribution in [2.45, 2.75) is 38.7 Å². The molecular formula is C12H16FNO. The molecule has 0 spiro atoms. The van der Waals surface area contributed by atoms with Gasteiger partial charge in [0.15, 0.2) is 0 Å². The highest BCUT2D eigenvalue weighted by atomic mass is 19.1. The second kappa shape index (κ2) is 3.27. The molecule has 15 heavy (non-hydrogen) atoms. The van der Waals surface area contributed by atoms with Crippen LogP contribution in [0, 0.1) is 11.2 Å². The van der Waals surface area contributed by atoms with E-state index in [0.717, 1.165) is 6.42 Å². The van der Waals surface area contributed by atoms with Crippen LogP contribution in [0.2, 0.25) is 0 Å². The molecule has 0 radical (unpaired) electrons. The molecule has 82 valence electrons. The molecule has 0 amide bonds. The van der Waals surface area contributed by atoms with Crippen molar-refractivity contribution in [1.29, 1.82) is 0 Å². The van der Waals surface area contributed by atoms with Crippen LogP contribution in [0.15, 0.2) is 18.5 Å². The van der Waals surface area contributed by atoms with Gasteiger partial charge in [0.05, 0.1) is 11.8 Å². The molecule has 1 aromatic rings. The van der Waals surface area contributed by atoms with Gasteiger partial charge in [-0.3, -0.25) is 4.98 Å². The van der Waals surface area contributed by atoms with Gasteiger partial charge in [-0.1, -0.05) is 13.8 Å². The van der Waals surface area contributed by atoms with Gasteiger partial charge in [-0.05, 0) is 30.7 Å². The average Bonchev–Trinajstić information content (AvgIpc) is 2.42. The van der Waals surface area contributed by atoms with Gasteiger partial charge in [0, 0.05) is 11.8 Å². The number of rotatable bonds is 1. The third kappa shape index (κ3) is 1.88. The fourth-order valence-electron chi connectivity index (χ4n) is 2.50. The normalized spacial score (nSPS) is 29.3. The molecule has 0 aromatic carbocycles. The standard InChI is InChI=1S/C12H16FNO/c1-11(2)4-5-12(15,8-11)9-3-6-14-7-10(9)13/h3,6-7,15H,4-5,8H2,1-2H3. The summed E-state index contributed by atoms with van der Waals surface area (Å²) >= 11 is 0. The van der Waals surface area contributed by atoms with E-state index in [1.54, 1.807) is 6.07 Å². The molecule has 1 unspecified atom stereocenters. The molecule has 0 bridgehead atoms. The van der Waals surface area contributed by atoms with Crippen LogP contribution in [0.3, 0.4) is 0 Å². The van der Waals surface area contributed by atoms with Crippen molar-refractivity contribution in [3.8, 4) is 0 Å². The van der Waals surface area contributed by atoms with E-state index < -0.39 is 11.4 Å². The molecular weight excluding hydrogens is 193 g/mol. The SMILES string of the molecule is CC1(C)CCC(O)(c2ccncc2F)C1. The van der Waals surface area contributed by atoms with E-state index in [2.05, 4.69) is 18.8 Å². The lowest BCUT2D eigenvalue weighted by Gasteiger charge is -2.25. The number of hydrogen-bond acceptors (Lipinski definition) is 2. The van der Waals surface area contributed by atoms with Crippen LogP contribution in [0.25, 0.3) is 0 Å². The number of pyridine rings is 1. The van der Waals surface area contributed by atoms with E-state index in [9.17, 15) is 9.50 Å². The zero-order valence-electron chi connectivity index (χ0n) is 9.13. The van der Waals surface area contributed by atoms with E-state index in [-0.39, 0.29) is 5.41 Å². The molecule has 3 heteroatoms. The molecule has 1 fully saturated rings. The fraction of sp³-hybridized carbons (Fsp3) is 0.583. The Morgan fingerprint density at radius 1 is 1.40 bits per heavy atom. The lowest BCUT2D eigenvalue weighted by Crippen LogP contribution is -2.24. The maximum absolute atomic E-state index is 13.5. The van der Waals surface area contributed by atoms with Crippen LogP contribution in [0.1, 0.15) is 38.7 Å². The summed E-state index contributed by atoms with van der Waals surface area (Å²) < 4.78 is 13.5. The minimum Gasteiger partial charge on any atom is -0.385 e. The Balaban J connectivity index is 2.36. The summed E-state index contributed by atoms with van der Waals surface area (Å²) in [6, 6.07) is 1.58. The summed E-state index contributed by atoms with van der Waals surface area (Å²) in [5.41, 5.74) is -0.524. The van der Waals surface area contributed by atoms with Crippen LogP contribution in [-0.2, 0) is 5.60 Å².